The third-order valence-corrected chi connectivity index (χ3v) is 1.32. The number of aldehydes is 1. The molecule has 1 heterocycles. The highest BCUT2D eigenvalue weighted by molar-refractivity contribution is 5.86. The lowest BCUT2D eigenvalue weighted by atomic mass is 10.2. The van der Waals surface area contributed by atoms with Gasteiger partial charge in [-0.3, -0.25) is 19.9 Å². The lowest BCUT2D eigenvalue weighted by Gasteiger charge is -1.97. The van der Waals surface area contributed by atoms with Crippen LogP contribution in [0.1, 0.15) is 10.4 Å². The summed E-state index contributed by atoms with van der Waals surface area (Å²) in [5.41, 5.74) is 4.82. The van der Waals surface area contributed by atoms with Gasteiger partial charge >= 0.3 is 5.69 Å². The second-order valence-electron chi connectivity index (χ2n) is 2.04. The van der Waals surface area contributed by atoms with E-state index in [4.69, 9.17) is 5.73 Å². The van der Waals surface area contributed by atoms with E-state index in [1.54, 1.807) is 0 Å². The minimum absolute atomic E-state index is 0.0317. The Morgan fingerprint density at radius 3 is 2.75 bits per heavy atom. The third kappa shape index (κ3) is 1.22. The Bertz CT molecular complexity index is 337. The smallest absolute Gasteiger partial charge is 0.310 e. The zero-order chi connectivity index (χ0) is 9.14. The van der Waals surface area contributed by atoms with Crippen molar-refractivity contribution in [1.29, 1.82) is 0 Å². The average molecular weight is 167 g/mol. The Labute approximate surface area is 67.2 Å². The molecule has 0 fully saturated rings. The lowest BCUT2D eigenvalue weighted by molar-refractivity contribution is -0.384. The highest BCUT2D eigenvalue weighted by Gasteiger charge is 2.14. The molecule has 0 saturated heterocycles. The van der Waals surface area contributed by atoms with Gasteiger partial charge in [-0.05, 0) is 0 Å². The molecule has 0 aromatic carbocycles. The van der Waals surface area contributed by atoms with E-state index >= 15 is 0 Å². The number of carbonyl (C=O) groups excluding carboxylic acids is 1. The van der Waals surface area contributed by atoms with E-state index in [9.17, 15) is 14.9 Å². The fraction of sp³-hybridized carbons (Fsp3) is 0. The van der Waals surface area contributed by atoms with E-state index in [1.165, 1.54) is 6.20 Å². The fourth-order valence-electron chi connectivity index (χ4n) is 0.715. The zero-order valence-electron chi connectivity index (χ0n) is 5.93. The van der Waals surface area contributed by atoms with Crippen LogP contribution in [0.4, 0.5) is 11.4 Å². The van der Waals surface area contributed by atoms with E-state index in [-0.39, 0.29) is 16.9 Å². The average Bonchev–Trinajstić information content (AvgIpc) is 2.04. The highest BCUT2D eigenvalue weighted by Crippen LogP contribution is 2.21. The summed E-state index contributed by atoms with van der Waals surface area (Å²) >= 11 is 0. The molecule has 62 valence electrons. The minimum atomic E-state index is -0.685. The number of aromatic nitrogens is 1. The van der Waals surface area contributed by atoms with Gasteiger partial charge in [-0.1, -0.05) is 0 Å². The van der Waals surface area contributed by atoms with Gasteiger partial charge in [-0.25, -0.2) is 0 Å². The van der Waals surface area contributed by atoms with Crippen molar-refractivity contribution >= 4 is 17.7 Å². The van der Waals surface area contributed by atoms with Crippen LogP contribution in [-0.2, 0) is 0 Å². The molecule has 0 aliphatic heterocycles. The van der Waals surface area contributed by atoms with Gasteiger partial charge in [-0.15, -0.1) is 0 Å². The number of nitrogen functional groups attached to an aromatic ring is 1. The van der Waals surface area contributed by atoms with Crippen LogP contribution in [0.5, 0.6) is 0 Å². The third-order valence-electron chi connectivity index (χ3n) is 1.32. The van der Waals surface area contributed by atoms with Crippen LogP contribution in [0.15, 0.2) is 12.4 Å². The number of hydrogen-bond donors (Lipinski definition) is 1. The summed E-state index contributed by atoms with van der Waals surface area (Å²) < 4.78 is 0. The molecular weight excluding hydrogens is 162 g/mol. The number of hydrogen-bond acceptors (Lipinski definition) is 5. The molecule has 0 aliphatic carbocycles. The molecule has 0 amide bonds. The van der Waals surface area contributed by atoms with Crippen molar-refractivity contribution in [1.82, 2.24) is 4.98 Å². The number of carbonyl (C=O) groups is 1. The van der Waals surface area contributed by atoms with E-state index in [1.807, 2.05) is 0 Å². The molecule has 0 aliphatic rings. The van der Waals surface area contributed by atoms with Gasteiger partial charge in [-0.2, -0.15) is 0 Å². The first-order valence-corrected chi connectivity index (χ1v) is 3.00. The molecule has 0 radical (unpaired) electrons. The molecule has 0 spiro atoms. The Kier molecular flexibility index (Phi) is 2.00. The zero-order valence-corrected chi connectivity index (χ0v) is 5.93. The van der Waals surface area contributed by atoms with Crippen molar-refractivity contribution in [2.24, 2.45) is 0 Å². The first kappa shape index (κ1) is 8.12. The molecule has 1 aromatic heterocycles. The van der Waals surface area contributed by atoms with Crippen LogP contribution in [0.25, 0.3) is 0 Å². The maximum absolute atomic E-state index is 10.3. The predicted molar refractivity (Wildman–Crippen MR) is 40.7 cm³/mol. The highest BCUT2D eigenvalue weighted by atomic mass is 16.6. The van der Waals surface area contributed by atoms with Crippen LogP contribution in [-0.4, -0.2) is 16.2 Å². The normalized spacial score (nSPS) is 9.33. The van der Waals surface area contributed by atoms with E-state index in [2.05, 4.69) is 4.98 Å². The number of nitrogens with zero attached hydrogens (tertiary/aromatic N) is 2. The first-order valence-electron chi connectivity index (χ1n) is 3.00. The number of nitro groups is 1. The van der Waals surface area contributed by atoms with Crippen molar-refractivity contribution in [2.45, 2.75) is 0 Å². The maximum Gasteiger partial charge on any atom is 0.310 e. The van der Waals surface area contributed by atoms with Gasteiger partial charge in [0.05, 0.1) is 10.5 Å². The van der Waals surface area contributed by atoms with Crippen LogP contribution in [0.2, 0.25) is 0 Å². The van der Waals surface area contributed by atoms with Crippen molar-refractivity contribution in [3.8, 4) is 0 Å². The van der Waals surface area contributed by atoms with Gasteiger partial charge in [0.25, 0.3) is 0 Å². The van der Waals surface area contributed by atoms with Gasteiger partial charge < -0.3 is 5.73 Å². The minimum Gasteiger partial charge on any atom is -0.392 e. The van der Waals surface area contributed by atoms with E-state index in [0.29, 0.717) is 6.29 Å². The maximum atomic E-state index is 10.3. The molecule has 6 heteroatoms. The van der Waals surface area contributed by atoms with Crippen molar-refractivity contribution in [2.75, 3.05) is 5.73 Å². The molecule has 0 saturated carbocycles. The van der Waals surface area contributed by atoms with Crippen molar-refractivity contribution in [3.63, 3.8) is 0 Å². The Morgan fingerprint density at radius 2 is 2.25 bits per heavy atom. The van der Waals surface area contributed by atoms with Crippen LogP contribution >= 0.6 is 0 Å². The number of pyridine rings is 1. The largest absolute Gasteiger partial charge is 0.392 e. The fourth-order valence-corrected chi connectivity index (χ4v) is 0.715. The summed E-state index contributed by atoms with van der Waals surface area (Å²) in [4.78, 5) is 23.3. The predicted octanol–water partition coefficient (Wildman–Crippen LogP) is 0.384. The Balaban J connectivity index is 3.32. The Hall–Kier alpha value is -1.98. The number of nitrogens with two attached hydrogens (primary N) is 1. The van der Waals surface area contributed by atoms with Crippen LogP contribution in [0, 0.1) is 10.1 Å². The molecule has 1 aromatic rings. The molecule has 2 N–H and O–H groups in total. The second kappa shape index (κ2) is 2.95. The number of anilines is 1. The number of rotatable bonds is 2. The molecule has 0 atom stereocenters. The first-order chi connectivity index (χ1) is 5.66. The molecule has 1 rings (SSSR count). The summed E-state index contributed by atoms with van der Waals surface area (Å²) in [6.45, 7) is 0. The summed E-state index contributed by atoms with van der Waals surface area (Å²) in [7, 11) is 0. The van der Waals surface area contributed by atoms with Crippen LogP contribution in [0.3, 0.4) is 0 Å². The molecule has 12 heavy (non-hydrogen) atoms. The van der Waals surface area contributed by atoms with Crippen LogP contribution < -0.4 is 5.73 Å². The molecule has 0 unspecified atom stereocenters. The molecule has 0 bridgehead atoms. The van der Waals surface area contributed by atoms with Gasteiger partial charge in [0.1, 0.15) is 11.9 Å². The summed E-state index contributed by atoms with van der Waals surface area (Å²) in [6.07, 6.45) is 2.60. The SMILES string of the molecule is Nc1c(C=O)cncc1[N+](=O)[O-]. The molecular formula is C6H5N3O3. The van der Waals surface area contributed by atoms with Crippen molar-refractivity contribution in [3.05, 3.63) is 28.1 Å². The topological polar surface area (TPSA) is 99.1 Å². The summed E-state index contributed by atoms with van der Waals surface area (Å²) in [6, 6.07) is 0. The second-order valence-corrected chi connectivity index (χ2v) is 2.04. The summed E-state index contributed by atoms with van der Waals surface area (Å²) in [5, 5.41) is 10.3. The lowest BCUT2D eigenvalue weighted by Crippen LogP contribution is -2.00. The van der Waals surface area contributed by atoms with E-state index in [0.717, 1.165) is 6.20 Å². The quantitative estimate of drug-likeness (QED) is 0.390. The standard InChI is InChI=1S/C6H5N3O3/c7-6-4(3-10)1-8-2-5(6)9(11)12/h1-3H,(H2,7,8). The Morgan fingerprint density at radius 1 is 1.58 bits per heavy atom. The van der Waals surface area contributed by atoms with Crippen molar-refractivity contribution < 1.29 is 9.72 Å². The van der Waals surface area contributed by atoms with Gasteiger partial charge in [0, 0.05) is 6.20 Å². The van der Waals surface area contributed by atoms with E-state index < -0.39 is 4.92 Å². The molecule has 6 nitrogen and oxygen atoms in total. The summed E-state index contributed by atoms with van der Waals surface area (Å²) in [5.74, 6) is 0. The monoisotopic (exact) mass is 167 g/mol. The van der Waals surface area contributed by atoms with Gasteiger partial charge in [0.2, 0.25) is 0 Å². The van der Waals surface area contributed by atoms with Gasteiger partial charge in [0.15, 0.2) is 6.29 Å².